The Morgan fingerprint density at radius 1 is 0.729 bits per heavy atom. The third-order valence-electron chi connectivity index (χ3n) is 10.5. The van der Waals surface area contributed by atoms with Gasteiger partial charge in [-0.2, -0.15) is 0 Å². The standard InChI is InChI=1S/C41H76O16P2/c1-4-6-15-21-33(42)25-26-37-36(38(44)27-39(37)45)22-18-19-24-41(47)57-35(31-56-59(51,52)55-29-34(43)28-54-58(48,49)50)30-53-40(46)23-17-14-12-10-8-7-9-11-13-16-20-32(3)5-2/h18-19,25-26,32-39,42-45H,4-17,20-24,27-31H2,1-3H3,(H,51,52)(H2,48,49,50)/b19-18-,26-25+/t32?,33-,34+,35-,36+,37-,38+,39-/m1/s1. The van der Waals surface area contributed by atoms with Crippen molar-refractivity contribution in [1.82, 2.24) is 0 Å². The van der Waals surface area contributed by atoms with Gasteiger partial charge in [0.05, 0.1) is 44.6 Å². The smallest absolute Gasteiger partial charge is 0.462 e. The molecule has 1 aliphatic carbocycles. The first kappa shape index (κ1) is 55.5. The summed E-state index contributed by atoms with van der Waals surface area (Å²) in [5.41, 5.74) is 0. The third kappa shape index (κ3) is 29.4. The molecule has 0 bridgehead atoms. The minimum absolute atomic E-state index is 0.131. The van der Waals surface area contributed by atoms with Gasteiger partial charge in [0, 0.05) is 18.8 Å². The van der Waals surface area contributed by atoms with Crippen LogP contribution in [0.4, 0.5) is 0 Å². The number of esters is 2. The zero-order valence-corrected chi connectivity index (χ0v) is 37.4. The monoisotopic (exact) mass is 886 g/mol. The number of hydrogen-bond acceptors (Lipinski definition) is 13. The van der Waals surface area contributed by atoms with Crippen molar-refractivity contribution < 1.29 is 76.9 Å². The quantitative estimate of drug-likeness (QED) is 0.0145. The summed E-state index contributed by atoms with van der Waals surface area (Å²) in [5, 5.41) is 41.1. The molecule has 0 aliphatic heterocycles. The Hall–Kier alpha value is -1.52. The second-order valence-corrected chi connectivity index (χ2v) is 18.5. The van der Waals surface area contributed by atoms with Gasteiger partial charge < -0.3 is 44.6 Å². The first-order chi connectivity index (χ1) is 28.0. The fourth-order valence-corrected chi connectivity index (χ4v) is 7.87. The Bertz CT molecular complexity index is 1280. The highest BCUT2D eigenvalue weighted by Gasteiger charge is 2.39. The van der Waals surface area contributed by atoms with E-state index in [0.717, 1.165) is 50.9 Å². The lowest BCUT2D eigenvalue weighted by atomic mass is 9.89. The molecule has 9 atom stereocenters. The van der Waals surface area contributed by atoms with Gasteiger partial charge >= 0.3 is 27.6 Å². The molecule has 18 heteroatoms. The summed E-state index contributed by atoms with van der Waals surface area (Å²) in [6, 6.07) is 0. The van der Waals surface area contributed by atoms with Crippen LogP contribution in [0, 0.1) is 17.8 Å². The van der Waals surface area contributed by atoms with Crippen molar-refractivity contribution in [3.8, 4) is 0 Å². The number of carbonyl (C=O) groups excluding carboxylic acids is 2. The van der Waals surface area contributed by atoms with Gasteiger partial charge in [0.2, 0.25) is 0 Å². The lowest BCUT2D eigenvalue weighted by Crippen LogP contribution is -2.29. The molecule has 0 aromatic heterocycles. The Morgan fingerprint density at radius 2 is 1.32 bits per heavy atom. The predicted octanol–water partition coefficient (Wildman–Crippen LogP) is 6.96. The van der Waals surface area contributed by atoms with Gasteiger partial charge in [-0.3, -0.25) is 23.2 Å². The van der Waals surface area contributed by atoms with Crippen LogP contribution in [0.3, 0.4) is 0 Å². The number of unbranched alkanes of at least 4 members (excludes halogenated alkanes) is 11. The van der Waals surface area contributed by atoms with Crippen LogP contribution >= 0.6 is 15.6 Å². The lowest BCUT2D eigenvalue weighted by Gasteiger charge is -2.20. The van der Waals surface area contributed by atoms with Crippen LogP contribution < -0.4 is 0 Å². The molecule has 0 amide bonds. The molecule has 0 saturated heterocycles. The summed E-state index contributed by atoms with van der Waals surface area (Å²) in [6.45, 7) is 3.59. The van der Waals surface area contributed by atoms with E-state index in [9.17, 15) is 44.0 Å². The molecule has 0 heterocycles. The van der Waals surface area contributed by atoms with Crippen molar-refractivity contribution in [2.24, 2.45) is 17.8 Å². The predicted molar refractivity (Wildman–Crippen MR) is 223 cm³/mol. The fraction of sp³-hybridized carbons (Fsp3) is 0.854. The Morgan fingerprint density at radius 3 is 1.95 bits per heavy atom. The molecular formula is C41H76O16P2. The molecule has 59 heavy (non-hydrogen) atoms. The number of aliphatic hydroxyl groups is 4. The summed E-state index contributed by atoms with van der Waals surface area (Å²) in [4.78, 5) is 52.9. The number of phosphoric acid groups is 2. The first-order valence-corrected chi connectivity index (χ1v) is 24.7. The summed E-state index contributed by atoms with van der Waals surface area (Å²) in [5.74, 6) is -1.27. The van der Waals surface area contributed by atoms with Crippen molar-refractivity contribution in [3.05, 3.63) is 24.3 Å². The SMILES string of the molecule is CCCCC[C@@H](O)/C=C/[C@@H]1[C@H](C/C=C\CC(=O)O[C@H](COC(=O)CCCCCCCCCCCCC(C)CC)COP(=O)(O)OC[C@@H](O)COP(=O)(O)O)[C@@H](O)C[C@H]1O. The van der Waals surface area contributed by atoms with E-state index < -0.39 is 90.4 Å². The van der Waals surface area contributed by atoms with Crippen LogP contribution in [0.15, 0.2) is 24.3 Å². The number of rotatable bonds is 36. The number of carbonyl (C=O) groups is 2. The topological polar surface area (TPSA) is 256 Å². The molecule has 1 aliphatic rings. The van der Waals surface area contributed by atoms with Crippen LogP contribution in [0.5, 0.6) is 0 Å². The van der Waals surface area contributed by atoms with Gasteiger partial charge in [-0.25, -0.2) is 9.13 Å². The fourth-order valence-electron chi connectivity index (χ4n) is 6.71. The Balaban J connectivity index is 2.64. The number of hydrogen-bond donors (Lipinski definition) is 7. The highest BCUT2D eigenvalue weighted by atomic mass is 31.2. The van der Waals surface area contributed by atoms with Gasteiger partial charge in [-0.05, 0) is 31.1 Å². The summed E-state index contributed by atoms with van der Waals surface area (Å²) >= 11 is 0. The van der Waals surface area contributed by atoms with E-state index in [-0.39, 0.29) is 25.2 Å². The molecule has 0 aromatic carbocycles. The van der Waals surface area contributed by atoms with Gasteiger partial charge in [-0.1, -0.05) is 135 Å². The normalized spacial score (nSPS) is 21.7. The zero-order valence-electron chi connectivity index (χ0n) is 35.6. The Labute approximate surface area is 352 Å². The van der Waals surface area contributed by atoms with Crippen molar-refractivity contribution in [2.45, 2.75) is 180 Å². The Kier molecular flexibility index (Phi) is 30.3. The molecule has 346 valence electrons. The zero-order chi connectivity index (χ0) is 44.1. The minimum atomic E-state index is -4.90. The van der Waals surface area contributed by atoms with Crippen LogP contribution in [0.1, 0.15) is 149 Å². The van der Waals surface area contributed by atoms with E-state index in [1.165, 1.54) is 51.0 Å². The number of phosphoric ester groups is 2. The van der Waals surface area contributed by atoms with Gasteiger partial charge in [0.25, 0.3) is 0 Å². The summed E-state index contributed by atoms with van der Waals surface area (Å²) in [6.07, 6.45) is 18.8. The lowest BCUT2D eigenvalue weighted by molar-refractivity contribution is -0.160. The van der Waals surface area contributed by atoms with Gasteiger partial charge in [0.1, 0.15) is 12.7 Å². The molecule has 2 unspecified atom stereocenters. The van der Waals surface area contributed by atoms with E-state index in [4.69, 9.17) is 23.8 Å². The average molecular weight is 887 g/mol. The van der Waals surface area contributed by atoms with Crippen molar-refractivity contribution in [2.75, 3.05) is 26.4 Å². The largest absolute Gasteiger partial charge is 0.472 e. The van der Waals surface area contributed by atoms with Crippen LogP contribution in [-0.2, 0) is 41.8 Å². The molecule has 0 aromatic rings. The number of aliphatic hydroxyl groups excluding tert-OH is 4. The van der Waals surface area contributed by atoms with E-state index in [0.29, 0.717) is 19.3 Å². The van der Waals surface area contributed by atoms with Crippen LogP contribution in [-0.4, -0.2) is 104 Å². The van der Waals surface area contributed by atoms with Crippen LogP contribution in [0.2, 0.25) is 0 Å². The van der Waals surface area contributed by atoms with Crippen molar-refractivity contribution in [1.29, 1.82) is 0 Å². The summed E-state index contributed by atoms with van der Waals surface area (Å²) in [7, 11) is -9.80. The van der Waals surface area contributed by atoms with E-state index in [1.54, 1.807) is 18.2 Å². The number of allylic oxidation sites excluding steroid dienone is 1. The highest BCUT2D eigenvalue weighted by molar-refractivity contribution is 7.47. The molecule has 0 spiro atoms. The molecule has 0 radical (unpaired) electrons. The van der Waals surface area contributed by atoms with E-state index >= 15 is 0 Å². The van der Waals surface area contributed by atoms with E-state index in [2.05, 4.69) is 29.8 Å². The van der Waals surface area contributed by atoms with Crippen LogP contribution in [0.25, 0.3) is 0 Å². The van der Waals surface area contributed by atoms with E-state index in [1.807, 2.05) is 0 Å². The molecule has 1 saturated carbocycles. The molecule has 7 N–H and O–H groups in total. The van der Waals surface area contributed by atoms with Crippen molar-refractivity contribution >= 4 is 27.6 Å². The van der Waals surface area contributed by atoms with Gasteiger partial charge in [0.15, 0.2) is 6.10 Å². The maximum absolute atomic E-state index is 12.8. The third-order valence-corrected chi connectivity index (χ3v) is 11.9. The maximum Gasteiger partial charge on any atom is 0.472 e. The highest BCUT2D eigenvalue weighted by Crippen LogP contribution is 2.44. The molecular weight excluding hydrogens is 810 g/mol. The molecule has 1 rings (SSSR count). The maximum atomic E-state index is 12.8. The summed E-state index contributed by atoms with van der Waals surface area (Å²) < 4.78 is 47.7. The van der Waals surface area contributed by atoms with Crippen molar-refractivity contribution in [3.63, 3.8) is 0 Å². The second-order valence-electron chi connectivity index (χ2n) is 15.9. The number of ether oxygens (including phenoxy) is 2. The second kappa shape index (κ2) is 32.2. The van der Waals surface area contributed by atoms with Gasteiger partial charge in [-0.15, -0.1) is 0 Å². The minimum Gasteiger partial charge on any atom is -0.462 e. The molecule has 1 fully saturated rings. The first-order valence-electron chi connectivity index (χ1n) is 21.7. The average Bonchev–Trinajstić information content (AvgIpc) is 3.45. The molecule has 16 nitrogen and oxygen atoms in total.